The van der Waals surface area contributed by atoms with Crippen molar-refractivity contribution in [1.29, 1.82) is 0 Å². The highest BCUT2D eigenvalue weighted by Gasteiger charge is 2.28. The van der Waals surface area contributed by atoms with E-state index < -0.39 is 0 Å². The van der Waals surface area contributed by atoms with Crippen molar-refractivity contribution in [3.05, 3.63) is 35.4 Å². The van der Waals surface area contributed by atoms with Crippen molar-refractivity contribution in [2.45, 2.75) is 50.5 Å². The topological polar surface area (TPSA) is 12.0 Å². The maximum Gasteiger partial charge on any atom is 0.0323 e. The monoisotopic (exact) mass is 215 g/mol. The summed E-state index contributed by atoms with van der Waals surface area (Å²) in [5.41, 5.74) is 3.22. The lowest BCUT2D eigenvalue weighted by molar-refractivity contribution is 0.530. The van der Waals surface area contributed by atoms with E-state index in [0.29, 0.717) is 6.04 Å². The first kappa shape index (κ1) is 10.3. The minimum absolute atomic E-state index is 0.624. The zero-order valence-corrected chi connectivity index (χ0v) is 9.91. The Labute approximate surface area is 98.3 Å². The summed E-state index contributed by atoms with van der Waals surface area (Å²) in [6, 6.07) is 9.72. The highest BCUT2D eigenvalue weighted by Crippen LogP contribution is 2.43. The van der Waals surface area contributed by atoms with Crippen LogP contribution in [0.1, 0.15) is 61.6 Å². The summed E-state index contributed by atoms with van der Waals surface area (Å²) >= 11 is 0. The smallest absolute Gasteiger partial charge is 0.0323 e. The largest absolute Gasteiger partial charge is 0.310 e. The summed E-state index contributed by atoms with van der Waals surface area (Å²) in [5, 5.41) is 3.72. The second-order valence-electron chi connectivity index (χ2n) is 5.26. The van der Waals surface area contributed by atoms with E-state index in [1.807, 2.05) is 0 Å². The average molecular weight is 215 g/mol. The van der Waals surface area contributed by atoms with E-state index in [1.165, 1.54) is 45.1 Å². The van der Waals surface area contributed by atoms with Gasteiger partial charge in [0.05, 0.1) is 0 Å². The molecule has 1 atom stereocenters. The van der Waals surface area contributed by atoms with Crippen molar-refractivity contribution >= 4 is 0 Å². The molecule has 2 aliphatic rings. The van der Waals surface area contributed by atoms with E-state index in [9.17, 15) is 0 Å². The van der Waals surface area contributed by atoms with Gasteiger partial charge in [0.1, 0.15) is 0 Å². The molecule has 1 nitrogen and oxygen atoms in total. The number of hydrogen-bond donors (Lipinski definition) is 1. The molecule has 1 aromatic carbocycles. The van der Waals surface area contributed by atoms with Crippen LogP contribution in [0, 0.1) is 0 Å². The van der Waals surface area contributed by atoms with Crippen molar-refractivity contribution in [2.75, 3.05) is 6.54 Å². The molecular weight excluding hydrogens is 194 g/mol. The van der Waals surface area contributed by atoms with Gasteiger partial charge in [-0.05, 0) is 49.3 Å². The molecular formula is C15H21N. The fraction of sp³-hybridized carbons (Fsp3) is 0.600. The van der Waals surface area contributed by atoms with Crippen LogP contribution in [-0.2, 0) is 0 Å². The van der Waals surface area contributed by atoms with Gasteiger partial charge in [-0.1, -0.05) is 37.1 Å². The van der Waals surface area contributed by atoms with E-state index in [0.717, 1.165) is 5.92 Å². The molecule has 1 saturated carbocycles. The van der Waals surface area contributed by atoms with Crippen LogP contribution in [0.4, 0.5) is 0 Å². The minimum Gasteiger partial charge on any atom is -0.310 e. The molecule has 0 amide bonds. The molecule has 0 radical (unpaired) electrons. The van der Waals surface area contributed by atoms with E-state index in [2.05, 4.69) is 29.6 Å². The van der Waals surface area contributed by atoms with Gasteiger partial charge >= 0.3 is 0 Å². The van der Waals surface area contributed by atoms with Crippen LogP contribution in [-0.4, -0.2) is 6.54 Å². The van der Waals surface area contributed by atoms with Gasteiger partial charge < -0.3 is 5.32 Å². The van der Waals surface area contributed by atoms with Gasteiger partial charge in [-0.3, -0.25) is 0 Å². The Hall–Kier alpha value is -0.820. The summed E-state index contributed by atoms with van der Waals surface area (Å²) in [7, 11) is 0. The molecule has 1 N–H and O–H groups in total. The van der Waals surface area contributed by atoms with Gasteiger partial charge in [-0.15, -0.1) is 0 Å². The number of nitrogens with one attached hydrogen (secondary N) is 1. The summed E-state index contributed by atoms with van der Waals surface area (Å²) < 4.78 is 0. The molecule has 1 heteroatoms. The van der Waals surface area contributed by atoms with E-state index >= 15 is 0 Å². The van der Waals surface area contributed by atoms with Crippen LogP contribution in [0.25, 0.3) is 0 Å². The molecule has 3 rings (SSSR count). The van der Waals surface area contributed by atoms with Crippen molar-refractivity contribution in [2.24, 2.45) is 0 Å². The maximum absolute atomic E-state index is 3.72. The van der Waals surface area contributed by atoms with Gasteiger partial charge in [0.2, 0.25) is 0 Å². The normalized spacial score (nSPS) is 26.4. The second kappa shape index (κ2) is 4.58. The molecule has 86 valence electrons. The first-order chi connectivity index (χ1) is 7.95. The zero-order chi connectivity index (χ0) is 10.8. The molecule has 1 aliphatic carbocycles. The van der Waals surface area contributed by atoms with Gasteiger partial charge in [-0.2, -0.15) is 0 Å². The molecule has 1 heterocycles. The molecule has 2 fully saturated rings. The number of hydrogen-bond acceptors (Lipinski definition) is 1. The first-order valence-electron chi connectivity index (χ1n) is 6.77. The minimum atomic E-state index is 0.624. The first-order valence-corrected chi connectivity index (χ1v) is 6.77. The van der Waals surface area contributed by atoms with E-state index in [-0.39, 0.29) is 0 Å². The summed E-state index contributed by atoms with van der Waals surface area (Å²) in [6.45, 7) is 1.20. The van der Waals surface area contributed by atoms with Crippen molar-refractivity contribution in [3.63, 3.8) is 0 Å². The third kappa shape index (κ3) is 2.15. The Morgan fingerprint density at radius 2 is 1.69 bits per heavy atom. The predicted molar refractivity (Wildman–Crippen MR) is 67.6 cm³/mol. The Kier molecular flexibility index (Phi) is 2.96. The van der Waals surface area contributed by atoms with Gasteiger partial charge in [-0.25, -0.2) is 0 Å². The third-order valence-electron chi connectivity index (χ3n) is 3.95. The summed E-state index contributed by atoms with van der Waals surface area (Å²) in [5.74, 6) is 0.876. The van der Waals surface area contributed by atoms with Crippen LogP contribution < -0.4 is 5.32 Å². The molecule has 16 heavy (non-hydrogen) atoms. The Morgan fingerprint density at radius 1 is 0.875 bits per heavy atom. The Morgan fingerprint density at radius 3 is 2.50 bits per heavy atom. The molecule has 1 aliphatic heterocycles. The molecule has 0 bridgehead atoms. The van der Waals surface area contributed by atoms with E-state index in [1.54, 1.807) is 11.1 Å². The summed E-state index contributed by atoms with van der Waals surface area (Å²) in [4.78, 5) is 0. The predicted octanol–water partition coefficient (Wildman–Crippen LogP) is 3.77. The highest BCUT2D eigenvalue weighted by atomic mass is 14.9. The maximum atomic E-state index is 3.72. The lowest BCUT2D eigenvalue weighted by Crippen LogP contribution is -2.21. The zero-order valence-electron chi connectivity index (χ0n) is 9.91. The fourth-order valence-electron chi connectivity index (χ4n) is 2.89. The van der Waals surface area contributed by atoms with Crippen LogP contribution >= 0.6 is 0 Å². The Bertz CT molecular complexity index is 346. The highest BCUT2D eigenvalue weighted by molar-refractivity contribution is 5.35. The van der Waals surface area contributed by atoms with Crippen LogP contribution in [0.2, 0.25) is 0 Å². The standard InChI is InChI=1S/C15H21N/c1-2-8-15(16-11-5-1)14-7-4-3-6-13(14)12-9-10-12/h3-4,6-7,12,15-16H,1-2,5,8-11H2. The lowest BCUT2D eigenvalue weighted by atomic mass is 9.94. The molecule has 1 saturated heterocycles. The van der Waals surface area contributed by atoms with Gasteiger partial charge in [0.25, 0.3) is 0 Å². The Balaban J connectivity index is 1.85. The quantitative estimate of drug-likeness (QED) is 0.792. The van der Waals surface area contributed by atoms with Gasteiger partial charge in [0, 0.05) is 6.04 Å². The fourth-order valence-corrected chi connectivity index (χ4v) is 2.89. The molecule has 1 aromatic rings. The number of benzene rings is 1. The molecule has 1 unspecified atom stereocenters. The van der Waals surface area contributed by atoms with Crippen LogP contribution in [0.3, 0.4) is 0 Å². The van der Waals surface area contributed by atoms with Crippen LogP contribution in [0.5, 0.6) is 0 Å². The third-order valence-corrected chi connectivity index (χ3v) is 3.95. The van der Waals surface area contributed by atoms with E-state index in [4.69, 9.17) is 0 Å². The molecule has 0 aromatic heterocycles. The second-order valence-corrected chi connectivity index (χ2v) is 5.26. The average Bonchev–Trinajstić information content (AvgIpc) is 3.16. The lowest BCUT2D eigenvalue weighted by Gasteiger charge is -2.19. The SMILES string of the molecule is c1ccc(C2CCCCCN2)c(C2CC2)c1. The summed E-state index contributed by atoms with van der Waals surface area (Å²) in [6.07, 6.45) is 8.27. The van der Waals surface area contributed by atoms with Crippen LogP contribution in [0.15, 0.2) is 24.3 Å². The van der Waals surface area contributed by atoms with Crippen molar-refractivity contribution < 1.29 is 0 Å². The van der Waals surface area contributed by atoms with Crippen molar-refractivity contribution in [3.8, 4) is 0 Å². The number of rotatable bonds is 2. The molecule has 0 spiro atoms. The van der Waals surface area contributed by atoms with Crippen molar-refractivity contribution in [1.82, 2.24) is 5.32 Å². The van der Waals surface area contributed by atoms with Gasteiger partial charge in [0.15, 0.2) is 0 Å².